The van der Waals surface area contributed by atoms with Gasteiger partial charge in [-0.3, -0.25) is 19.7 Å². The molecule has 0 aliphatic rings. The van der Waals surface area contributed by atoms with Gasteiger partial charge in [0.15, 0.2) is 0 Å². The van der Waals surface area contributed by atoms with E-state index in [1.165, 1.54) is 0 Å². The van der Waals surface area contributed by atoms with Crippen LogP contribution in [0.4, 0.5) is 0 Å². The highest BCUT2D eigenvalue weighted by molar-refractivity contribution is 5.93. The Bertz CT molecular complexity index is 623. The third-order valence-corrected chi connectivity index (χ3v) is 4.17. The summed E-state index contributed by atoms with van der Waals surface area (Å²) in [5, 5.41) is 21.2. The SMILES string of the molecule is C=C(C)C(=O)NCC(CNC(=O)C(=C)C)(CNC(=O)C(=C)C)CNC(O)C(=C)C. The van der Waals surface area contributed by atoms with Gasteiger partial charge < -0.3 is 21.1 Å². The van der Waals surface area contributed by atoms with Crippen molar-refractivity contribution in [1.82, 2.24) is 21.3 Å². The predicted octanol–water partition coefficient (Wildman–Crippen LogP) is 0.534. The van der Waals surface area contributed by atoms with Crippen LogP contribution in [0.2, 0.25) is 0 Å². The van der Waals surface area contributed by atoms with E-state index in [-0.39, 0.29) is 43.9 Å². The Hall–Kier alpha value is -2.71. The highest BCUT2D eigenvalue weighted by Crippen LogP contribution is 2.15. The minimum Gasteiger partial charge on any atom is -0.375 e. The van der Waals surface area contributed by atoms with Gasteiger partial charge in [-0.2, -0.15) is 0 Å². The van der Waals surface area contributed by atoms with Crippen LogP contribution < -0.4 is 21.3 Å². The number of hydrogen-bond donors (Lipinski definition) is 5. The first-order valence-electron chi connectivity index (χ1n) is 9.19. The average molecular weight is 407 g/mol. The molecule has 0 spiro atoms. The normalized spacial score (nSPS) is 11.8. The molecule has 5 N–H and O–H groups in total. The Morgan fingerprint density at radius 2 is 1.03 bits per heavy atom. The van der Waals surface area contributed by atoms with Crippen LogP contribution in [0.25, 0.3) is 0 Å². The van der Waals surface area contributed by atoms with Crippen molar-refractivity contribution in [2.45, 2.75) is 33.9 Å². The lowest BCUT2D eigenvalue weighted by Crippen LogP contribution is -2.57. The lowest BCUT2D eigenvalue weighted by molar-refractivity contribution is -0.118. The van der Waals surface area contributed by atoms with Gasteiger partial charge in [-0.1, -0.05) is 26.3 Å². The van der Waals surface area contributed by atoms with Crippen LogP contribution in [-0.4, -0.2) is 55.2 Å². The number of carbonyl (C=O) groups is 3. The van der Waals surface area contributed by atoms with Crippen molar-refractivity contribution in [3.8, 4) is 0 Å². The minimum atomic E-state index is -0.986. The predicted molar refractivity (Wildman–Crippen MR) is 115 cm³/mol. The zero-order chi connectivity index (χ0) is 22.8. The summed E-state index contributed by atoms with van der Waals surface area (Å²) in [6.07, 6.45) is -0.986. The monoisotopic (exact) mass is 406 g/mol. The quantitative estimate of drug-likeness (QED) is 0.174. The molecule has 0 saturated heterocycles. The van der Waals surface area contributed by atoms with Gasteiger partial charge in [0.05, 0.1) is 0 Å². The zero-order valence-corrected chi connectivity index (χ0v) is 17.9. The number of carbonyl (C=O) groups excluding carboxylic acids is 3. The third-order valence-electron chi connectivity index (χ3n) is 4.17. The maximum absolute atomic E-state index is 12.0. The number of nitrogens with one attached hydrogen (secondary N) is 4. The standard InChI is InChI=1S/C21H34N4O4/c1-13(2)17(26)22-9-21(10-23-18(27)14(3)4,11-24-19(28)15(5)6)12-25-20(29)16(7)8/h17,22,26H,1,3,5,7,9-12H2,2,4,6,8H3,(H,23,27)(H,24,28)(H,25,29). The van der Waals surface area contributed by atoms with Crippen molar-refractivity contribution in [3.63, 3.8) is 0 Å². The van der Waals surface area contributed by atoms with Crippen molar-refractivity contribution >= 4 is 17.7 Å². The summed E-state index contributed by atoms with van der Waals surface area (Å²) in [5.41, 5.74) is 0.613. The summed E-state index contributed by atoms with van der Waals surface area (Å²) in [7, 11) is 0. The molecule has 8 nitrogen and oxygen atoms in total. The molecule has 162 valence electrons. The Morgan fingerprint density at radius 1 is 0.724 bits per heavy atom. The van der Waals surface area contributed by atoms with E-state index >= 15 is 0 Å². The Labute approximate surface area is 173 Å². The largest absolute Gasteiger partial charge is 0.375 e. The highest BCUT2D eigenvalue weighted by atomic mass is 16.3. The van der Waals surface area contributed by atoms with Crippen LogP contribution >= 0.6 is 0 Å². The smallest absolute Gasteiger partial charge is 0.246 e. The second kappa shape index (κ2) is 12.0. The second-order valence-electron chi connectivity index (χ2n) is 7.52. The molecule has 0 fully saturated rings. The third kappa shape index (κ3) is 9.87. The van der Waals surface area contributed by atoms with E-state index < -0.39 is 11.6 Å². The minimum absolute atomic E-state index is 0.0988. The number of amides is 3. The fraction of sp³-hybridized carbons (Fsp3) is 0.476. The number of aliphatic hydroxyl groups excluding tert-OH is 1. The van der Waals surface area contributed by atoms with Crippen molar-refractivity contribution < 1.29 is 19.5 Å². The van der Waals surface area contributed by atoms with Crippen LogP contribution in [0.1, 0.15) is 27.7 Å². The Kier molecular flexibility index (Phi) is 10.9. The van der Waals surface area contributed by atoms with Crippen LogP contribution in [0.5, 0.6) is 0 Å². The zero-order valence-electron chi connectivity index (χ0n) is 17.9. The van der Waals surface area contributed by atoms with Gasteiger partial charge in [0, 0.05) is 48.3 Å². The average Bonchev–Trinajstić information content (AvgIpc) is 2.64. The van der Waals surface area contributed by atoms with Crippen molar-refractivity contribution in [3.05, 3.63) is 48.6 Å². The Morgan fingerprint density at radius 3 is 1.28 bits per heavy atom. The van der Waals surface area contributed by atoms with Crippen molar-refractivity contribution in [2.24, 2.45) is 5.41 Å². The molecule has 0 aromatic carbocycles. The Balaban J connectivity index is 5.66. The maximum Gasteiger partial charge on any atom is 0.246 e. The highest BCUT2D eigenvalue weighted by Gasteiger charge is 2.33. The van der Waals surface area contributed by atoms with Crippen LogP contribution in [0, 0.1) is 5.41 Å². The van der Waals surface area contributed by atoms with Gasteiger partial charge in [-0.25, -0.2) is 0 Å². The summed E-state index contributed by atoms with van der Waals surface area (Å²) >= 11 is 0. The molecule has 0 aromatic rings. The molecule has 29 heavy (non-hydrogen) atoms. The van der Waals surface area contributed by atoms with Gasteiger partial charge in [0.25, 0.3) is 0 Å². The topological polar surface area (TPSA) is 120 Å². The van der Waals surface area contributed by atoms with E-state index in [0.29, 0.717) is 22.3 Å². The van der Waals surface area contributed by atoms with Gasteiger partial charge in [0.1, 0.15) is 6.23 Å². The fourth-order valence-electron chi connectivity index (χ4n) is 2.12. The summed E-state index contributed by atoms with van der Waals surface area (Å²) in [4.78, 5) is 36.1. The summed E-state index contributed by atoms with van der Waals surface area (Å²) in [6, 6.07) is 0. The molecule has 8 heteroatoms. The number of hydrogen-bond acceptors (Lipinski definition) is 5. The van der Waals surface area contributed by atoms with Crippen LogP contribution in [0.15, 0.2) is 48.6 Å². The first kappa shape index (κ1) is 26.3. The lowest BCUT2D eigenvalue weighted by Gasteiger charge is -2.36. The molecular weight excluding hydrogens is 372 g/mol. The maximum atomic E-state index is 12.0. The lowest BCUT2D eigenvalue weighted by atomic mass is 9.86. The van der Waals surface area contributed by atoms with E-state index in [4.69, 9.17) is 0 Å². The van der Waals surface area contributed by atoms with Crippen molar-refractivity contribution in [1.29, 1.82) is 0 Å². The molecule has 0 aliphatic carbocycles. The fourth-order valence-corrected chi connectivity index (χ4v) is 2.12. The molecule has 0 bridgehead atoms. The van der Waals surface area contributed by atoms with Gasteiger partial charge in [-0.15, -0.1) is 0 Å². The van der Waals surface area contributed by atoms with E-state index in [0.717, 1.165) is 0 Å². The number of aliphatic hydroxyl groups is 1. The molecule has 0 heterocycles. The summed E-state index contributed by atoms with van der Waals surface area (Å²) < 4.78 is 0. The molecular formula is C21H34N4O4. The summed E-state index contributed by atoms with van der Waals surface area (Å²) in [6.45, 7) is 21.3. The van der Waals surface area contributed by atoms with Gasteiger partial charge in [0.2, 0.25) is 17.7 Å². The molecule has 0 aromatic heterocycles. The number of rotatable bonds is 13. The molecule has 0 saturated carbocycles. The molecule has 0 aliphatic heterocycles. The molecule has 3 amide bonds. The molecule has 1 atom stereocenters. The van der Waals surface area contributed by atoms with E-state index in [1.807, 2.05) is 0 Å². The van der Waals surface area contributed by atoms with E-state index in [9.17, 15) is 19.5 Å². The van der Waals surface area contributed by atoms with E-state index in [1.54, 1.807) is 27.7 Å². The summed E-state index contributed by atoms with van der Waals surface area (Å²) in [5.74, 6) is -1.06. The van der Waals surface area contributed by atoms with Crippen LogP contribution in [0.3, 0.4) is 0 Å². The first-order chi connectivity index (χ1) is 13.3. The first-order valence-corrected chi connectivity index (χ1v) is 9.19. The van der Waals surface area contributed by atoms with Crippen molar-refractivity contribution in [2.75, 3.05) is 26.2 Å². The van der Waals surface area contributed by atoms with Gasteiger partial charge >= 0.3 is 0 Å². The van der Waals surface area contributed by atoms with Gasteiger partial charge in [-0.05, 0) is 33.3 Å². The van der Waals surface area contributed by atoms with E-state index in [2.05, 4.69) is 47.6 Å². The van der Waals surface area contributed by atoms with Crippen LogP contribution in [-0.2, 0) is 14.4 Å². The molecule has 0 radical (unpaired) electrons. The molecule has 0 rings (SSSR count). The molecule has 1 unspecified atom stereocenters. The second-order valence-corrected chi connectivity index (χ2v) is 7.52.